The van der Waals surface area contributed by atoms with E-state index in [9.17, 15) is 13.2 Å². The number of rotatable bonds is 8. The molecule has 1 saturated heterocycles. The van der Waals surface area contributed by atoms with Crippen molar-refractivity contribution < 1.29 is 13.2 Å². The first-order valence-electron chi connectivity index (χ1n) is 10.5. The van der Waals surface area contributed by atoms with Gasteiger partial charge in [0, 0.05) is 26.1 Å². The highest BCUT2D eigenvalue weighted by atomic mass is 32.2. The Morgan fingerprint density at radius 3 is 2.61 bits per heavy atom. The summed E-state index contributed by atoms with van der Waals surface area (Å²) in [5, 5.41) is 11.7. The molecule has 2 aromatic rings. The van der Waals surface area contributed by atoms with Crippen LogP contribution in [0.2, 0.25) is 0 Å². The number of amides is 1. The third-order valence-electron chi connectivity index (χ3n) is 5.46. The average Bonchev–Trinajstić information content (AvgIpc) is 2.79. The molecule has 1 heterocycles. The third kappa shape index (κ3) is 5.43. The second-order valence-electron chi connectivity index (χ2n) is 7.54. The van der Waals surface area contributed by atoms with Gasteiger partial charge < -0.3 is 10.2 Å². The number of likely N-dealkylation sites (tertiary alicyclic amines) is 1. The van der Waals surface area contributed by atoms with Crippen molar-refractivity contribution in [3.05, 3.63) is 54.6 Å². The van der Waals surface area contributed by atoms with Crippen LogP contribution >= 0.6 is 0 Å². The summed E-state index contributed by atoms with van der Waals surface area (Å²) in [5.41, 5.74) is 0.863. The van der Waals surface area contributed by atoms with Gasteiger partial charge in [0.1, 0.15) is 4.90 Å². The van der Waals surface area contributed by atoms with Gasteiger partial charge in [0.05, 0.1) is 23.4 Å². The number of nitrogens with zero attached hydrogens (tertiary/aromatic N) is 3. The van der Waals surface area contributed by atoms with E-state index in [1.807, 2.05) is 6.07 Å². The van der Waals surface area contributed by atoms with Crippen LogP contribution in [0.3, 0.4) is 0 Å². The Kier molecular flexibility index (Phi) is 7.66. The minimum Gasteiger partial charge on any atom is -0.325 e. The van der Waals surface area contributed by atoms with Crippen molar-refractivity contribution in [2.45, 2.75) is 31.1 Å². The zero-order chi connectivity index (χ0) is 22.3. The summed E-state index contributed by atoms with van der Waals surface area (Å²) in [5.74, 6) is -0.424. The summed E-state index contributed by atoms with van der Waals surface area (Å²) >= 11 is 0. The Labute approximate surface area is 184 Å². The lowest BCUT2D eigenvalue weighted by molar-refractivity contribution is -0.121. The molecule has 7 nitrogen and oxygen atoms in total. The fourth-order valence-corrected chi connectivity index (χ4v) is 5.54. The highest BCUT2D eigenvalue weighted by Gasteiger charge is 2.29. The first kappa shape index (κ1) is 22.8. The number of nitrogens with one attached hydrogen (secondary N) is 1. The minimum absolute atomic E-state index is 0.0752. The van der Waals surface area contributed by atoms with E-state index in [1.165, 1.54) is 10.4 Å². The molecule has 1 amide bonds. The molecule has 3 rings (SSSR count). The van der Waals surface area contributed by atoms with Gasteiger partial charge in [0.2, 0.25) is 5.91 Å². The first-order valence-corrected chi connectivity index (χ1v) is 12.0. The average molecular weight is 441 g/mol. The maximum absolute atomic E-state index is 13.4. The molecule has 1 aliphatic heterocycles. The zero-order valence-electron chi connectivity index (χ0n) is 17.7. The highest BCUT2D eigenvalue weighted by Crippen LogP contribution is 2.29. The largest absolute Gasteiger partial charge is 0.325 e. The van der Waals surface area contributed by atoms with Gasteiger partial charge in [-0.3, -0.25) is 9.10 Å². The van der Waals surface area contributed by atoms with Gasteiger partial charge in [-0.05, 0) is 50.6 Å². The van der Waals surface area contributed by atoms with E-state index in [0.29, 0.717) is 25.2 Å². The number of carbonyl (C=O) groups is 1. The lowest BCUT2D eigenvalue weighted by atomic mass is 9.97. The number of benzene rings is 2. The molecule has 1 N–H and O–H groups in total. The molecular formula is C23H28N4O3S. The Morgan fingerprint density at radius 2 is 1.90 bits per heavy atom. The van der Waals surface area contributed by atoms with Crippen LogP contribution in [0, 0.1) is 17.2 Å². The van der Waals surface area contributed by atoms with Crippen molar-refractivity contribution in [2.24, 2.45) is 5.92 Å². The van der Waals surface area contributed by atoms with E-state index in [1.54, 1.807) is 49.4 Å². The number of anilines is 2. The van der Waals surface area contributed by atoms with Crippen molar-refractivity contribution in [1.82, 2.24) is 4.90 Å². The second-order valence-corrected chi connectivity index (χ2v) is 9.37. The van der Waals surface area contributed by atoms with Crippen molar-refractivity contribution >= 4 is 27.3 Å². The van der Waals surface area contributed by atoms with Crippen LogP contribution in [-0.2, 0) is 14.8 Å². The van der Waals surface area contributed by atoms with E-state index in [0.717, 1.165) is 19.4 Å². The molecule has 164 valence electrons. The topological polar surface area (TPSA) is 93.5 Å². The fourth-order valence-electron chi connectivity index (χ4n) is 3.91. The molecule has 0 radical (unpaired) electrons. The molecule has 31 heavy (non-hydrogen) atoms. The number of piperidine rings is 1. The van der Waals surface area contributed by atoms with Crippen LogP contribution in [-0.4, -0.2) is 45.4 Å². The molecule has 0 bridgehead atoms. The van der Waals surface area contributed by atoms with Crippen LogP contribution in [0.4, 0.5) is 11.4 Å². The van der Waals surface area contributed by atoms with Crippen molar-refractivity contribution in [2.75, 3.05) is 35.8 Å². The Hall–Kier alpha value is -2.89. The third-order valence-corrected chi connectivity index (χ3v) is 7.42. The molecule has 1 aliphatic rings. The number of carbonyl (C=O) groups excluding carboxylic acids is 1. The van der Waals surface area contributed by atoms with Crippen LogP contribution in [0.1, 0.15) is 26.2 Å². The second kappa shape index (κ2) is 10.4. The van der Waals surface area contributed by atoms with Gasteiger partial charge in [0.25, 0.3) is 10.0 Å². The van der Waals surface area contributed by atoms with E-state index < -0.39 is 10.0 Å². The number of hydrogen-bond donors (Lipinski definition) is 1. The lowest BCUT2D eigenvalue weighted by Crippen LogP contribution is -2.41. The molecule has 1 unspecified atom stereocenters. The maximum atomic E-state index is 13.4. The van der Waals surface area contributed by atoms with Crippen LogP contribution in [0.5, 0.6) is 0 Å². The summed E-state index contributed by atoms with van der Waals surface area (Å²) < 4.78 is 28.2. The number of hydrogen-bond acceptors (Lipinski definition) is 5. The normalized spacial score (nSPS) is 17.0. The minimum atomic E-state index is -3.86. The smallest absolute Gasteiger partial charge is 0.266 e. The molecule has 8 heteroatoms. The van der Waals surface area contributed by atoms with Crippen molar-refractivity contribution in [1.29, 1.82) is 5.26 Å². The molecule has 0 aromatic heterocycles. The number of para-hydroxylation sites is 2. The molecular weight excluding hydrogens is 412 g/mol. The van der Waals surface area contributed by atoms with Gasteiger partial charge >= 0.3 is 0 Å². The number of nitriles is 1. The highest BCUT2D eigenvalue weighted by molar-refractivity contribution is 7.93. The Morgan fingerprint density at radius 1 is 1.19 bits per heavy atom. The summed E-state index contributed by atoms with van der Waals surface area (Å²) in [6.07, 6.45) is 2.05. The molecule has 0 aliphatic carbocycles. The van der Waals surface area contributed by atoms with Crippen LogP contribution in [0.15, 0.2) is 59.5 Å². The molecule has 1 fully saturated rings. The van der Waals surface area contributed by atoms with Gasteiger partial charge in [-0.2, -0.15) is 5.26 Å². The van der Waals surface area contributed by atoms with Gasteiger partial charge in [-0.15, -0.1) is 0 Å². The maximum Gasteiger partial charge on any atom is 0.266 e. The Balaban J connectivity index is 1.82. The first-order chi connectivity index (χ1) is 15.0. The standard InChI is InChI=1S/C23H28N4O3S/c1-2-27(20-11-4-3-5-12-20)31(29,30)22-14-7-6-13-21(22)25-23(28)19-10-8-16-26(18-19)17-9-15-24/h3-7,11-14,19H,2,8-10,16-18H2,1H3,(H,25,28). The molecule has 1 atom stereocenters. The lowest BCUT2D eigenvalue weighted by Gasteiger charge is -2.31. The van der Waals surface area contributed by atoms with Crippen LogP contribution < -0.4 is 9.62 Å². The van der Waals surface area contributed by atoms with Crippen molar-refractivity contribution in [3.8, 4) is 6.07 Å². The van der Waals surface area contributed by atoms with Gasteiger partial charge in [-0.25, -0.2) is 8.42 Å². The van der Waals surface area contributed by atoms with Crippen LogP contribution in [0.25, 0.3) is 0 Å². The quantitative estimate of drug-likeness (QED) is 0.678. The molecule has 2 aromatic carbocycles. The zero-order valence-corrected chi connectivity index (χ0v) is 18.5. The summed E-state index contributed by atoms with van der Waals surface area (Å²) in [4.78, 5) is 15.2. The van der Waals surface area contributed by atoms with E-state index in [2.05, 4.69) is 16.3 Å². The fraction of sp³-hybridized carbons (Fsp3) is 0.391. The van der Waals surface area contributed by atoms with E-state index in [4.69, 9.17) is 5.26 Å². The van der Waals surface area contributed by atoms with Crippen molar-refractivity contribution in [3.63, 3.8) is 0 Å². The summed E-state index contributed by atoms with van der Waals surface area (Å²) in [7, 11) is -3.86. The molecule has 0 saturated carbocycles. The predicted molar refractivity (Wildman–Crippen MR) is 121 cm³/mol. The summed E-state index contributed by atoms with van der Waals surface area (Å²) in [6, 6.07) is 17.6. The summed E-state index contributed by atoms with van der Waals surface area (Å²) in [6.45, 7) is 4.15. The Bertz CT molecular complexity index is 1030. The monoisotopic (exact) mass is 440 g/mol. The van der Waals surface area contributed by atoms with E-state index in [-0.39, 0.29) is 29.0 Å². The van der Waals surface area contributed by atoms with Gasteiger partial charge in [0.15, 0.2) is 0 Å². The number of sulfonamides is 1. The molecule has 0 spiro atoms. The SMILES string of the molecule is CCN(c1ccccc1)S(=O)(=O)c1ccccc1NC(=O)C1CCCN(CCC#N)C1. The predicted octanol–water partition coefficient (Wildman–Crippen LogP) is 3.47. The van der Waals surface area contributed by atoms with Gasteiger partial charge in [-0.1, -0.05) is 30.3 Å². The van der Waals surface area contributed by atoms with E-state index >= 15 is 0 Å².